The van der Waals surface area contributed by atoms with Gasteiger partial charge in [-0.05, 0) is 51.0 Å². The van der Waals surface area contributed by atoms with Crippen molar-refractivity contribution in [1.29, 1.82) is 0 Å². The molecule has 1 saturated heterocycles. The number of carbonyl (C=O) groups excluding carboxylic acids is 1. The predicted molar refractivity (Wildman–Crippen MR) is 95.3 cm³/mol. The number of nitrogens with zero attached hydrogens (tertiary/aromatic N) is 1. The quantitative estimate of drug-likeness (QED) is 0.859. The number of halogens is 3. The molecule has 0 bridgehead atoms. The van der Waals surface area contributed by atoms with Gasteiger partial charge in [0.25, 0.3) is 5.91 Å². The van der Waals surface area contributed by atoms with Gasteiger partial charge in [-0.3, -0.25) is 9.78 Å². The molecule has 1 fully saturated rings. The summed E-state index contributed by atoms with van der Waals surface area (Å²) in [4.78, 5) is 16.5. The van der Waals surface area contributed by atoms with Crippen LogP contribution in [-0.4, -0.2) is 29.6 Å². The zero-order valence-corrected chi connectivity index (χ0v) is 15.2. The van der Waals surface area contributed by atoms with Crippen LogP contribution < -0.4 is 5.32 Å². The van der Waals surface area contributed by atoms with Crippen LogP contribution in [0.3, 0.4) is 0 Å². The van der Waals surface area contributed by atoms with Crippen molar-refractivity contribution in [3.63, 3.8) is 0 Å². The highest BCUT2D eigenvalue weighted by molar-refractivity contribution is 5.94. The predicted octanol–water partition coefficient (Wildman–Crippen LogP) is 4.37. The van der Waals surface area contributed by atoms with E-state index in [1.165, 1.54) is 6.92 Å². The van der Waals surface area contributed by atoms with E-state index in [0.29, 0.717) is 24.3 Å². The van der Waals surface area contributed by atoms with Crippen LogP contribution in [0, 0.1) is 6.92 Å². The van der Waals surface area contributed by atoms with Crippen LogP contribution in [-0.2, 0) is 10.9 Å². The summed E-state index contributed by atoms with van der Waals surface area (Å²) in [6.07, 6.45) is -2.56. The first-order chi connectivity index (χ1) is 12.7. The van der Waals surface area contributed by atoms with Gasteiger partial charge in [-0.1, -0.05) is 12.1 Å². The van der Waals surface area contributed by atoms with Gasteiger partial charge in [-0.2, -0.15) is 13.2 Å². The molecule has 4 nitrogen and oxygen atoms in total. The van der Waals surface area contributed by atoms with Crippen molar-refractivity contribution in [1.82, 2.24) is 10.3 Å². The lowest BCUT2D eigenvalue weighted by Gasteiger charge is -2.23. The molecule has 7 heteroatoms. The zero-order valence-electron chi connectivity index (χ0n) is 15.2. The fraction of sp³-hybridized carbons (Fsp3) is 0.400. The number of aryl methyl sites for hydroxylation is 1. The summed E-state index contributed by atoms with van der Waals surface area (Å²) in [5.74, 6) is -0.244. The summed E-state index contributed by atoms with van der Waals surface area (Å²) < 4.78 is 44.6. The molecule has 1 aliphatic heterocycles. The zero-order chi connectivity index (χ0) is 19.7. The van der Waals surface area contributed by atoms with Gasteiger partial charge in [-0.15, -0.1) is 0 Å². The van der Waals surface area contributed by atoms with E-state index in [-0.39, 0.29) is 22.9 Å². The van der Waals surface area contributed by atoms with E-state index in [9.17, 15) is 18.0 Å². The Morgan fingerprint density at radius 2 is 1.96 bits per heavy atom. The molecule has 0 spiro atoms. The SMILES string of the molecule is Cc1cc(C(F)(F)F)cc(-c2ccc(C(=O)NC[C@@]3(C)CCCO3)cc2)n1. The summed E-state index contributed by atoms with van der Waals surface area (Å²) in [5.41, 5.74) is 0.384. The van der Waals surface area contributed by atoms with Crippen LogP contribution in [0.4, 0.5) is 13.2 Å². The Morgan fingerprint density at radius 3 is 2.56 bits per heavy atom. The molecule has 1 aliphatic rings. The number of rotatable bonds is 4. The van der Waals surface area contributed by atoms with E-state index in [4.69, 9.17) is 4.74 Å². The minimum atomic E-state index is -4.43. The van der Waals surface area contributed by atoms with Crippen molar-refractivity contribution >= 4 is 5.91 Å². The molecule has 0 unspecified atom stereocenters. The van der Waals surface area contributed by atoms with Crippen LogP contribution in [0.2, 0.25) is 0 Å². The third-order valence-electron chi connectivity index (χ3n) is 4.65. The fourth-order valence-corrected chi connectivity index (χ4v) is 3.12. The maximum atomic E-state index is 13.0. The number of aromatic nitrogens is 1. The van der Waals surface area contributed by atoms with Gasteiger partial charge < -0.3 is 10.1 Å². The van der Waals surface area contributed by atoms with E-state index in [2.05, 4.69) is 10.3 Å². The van der Waals surface area contributed by atoms with Gasteiger partial charge in [0.1, 0.15) is 0 Å². The van der Waals surface area contributed by atoms with Crippen molar-refractivity contribution < 1.29 is 22.7 Å². The van der Waals surface area contributed by atoms with Crippen molar-refractivity contribution in [3.05, 3.63) is 53.2 Å². The molecule has 0 radical (unpaired) electrons. The Bertz CT molecular complexity index is 826. The monoisotopic (exact) mass is 378 g/mol. The molecule has 0 saturated carbocycles. The van der Waals surface area contributed by atoms with Gasteiger partial charge in [0, 0.05) is 30.0 Å². The molecule has 1 amide bonds. The first-order valence-electron chi connectivity index (χ1n) is 8.75. The van der Waals surface area contributed by atoms with E-state index in [0.717, 1.165) is 25.0 Å². The smallest absolute Gasteiger partial charge is 0.373 e. The number of carbonyl (C=O) groups is 1. The molecule has 27 heavy (non-hydrogen) atoms. The highest BCUT2D eigenvalue weighted by atomic mass is 19.4. The van der Waals surface area contributed by atoms with Crippen LogP contribution in [0.5, 0.6) is 0 Å². The molecule has 2 aromatic rings. The molecular formula is C20H21F3N2O2. The summed E-state index contributed by atoms with van der Waals surface area (Å²) >= 11 is 0. The average molecular weight is 378 g/mol. The second-order valence-electron chi connectivity index (χ2n) is 7.04. The summed E-state index contributed by atoms with van der Waals surface area (Å²) in [6, 6.07) is 8.39. The molecule has 3 rings (SSSR count). The van der Waals surface area contributed by atoms with E-state index in [1.807, 2.05) is 6.92 Å². The Balaban J connectivity index is 1.73. The molecule has 1 N–H and O–H groups in total. The van der Waals surface area contributed by atoms with Crippen LogP contribution in [0.25, 0.3) is 11.3 Å². The maximum Gasteiger partial charge on any atom is 0.416 e. The molecular weight excluding hydrogens is 357 g/mol. The van der Waals surface area contributed by atoms with Crippen molar-refractivity contribution in [2.45, 2.75) is 38.5 Å². The number of pyridine rings is 1. The lowest BCUT2D eigenvalue weighted by molar-refractivity contribution is -0.137. The van der Waals surface area contributed by atoms with Crippen molar-refractivity contribution in [2.75, 3.05) is 13.2 Å². The van der Waals surface area contributed by atoms with E-state index >= 15 is 0 Å². The molecule has 144 valence electrons. The molecule has 2 heterocycles. The number of alkyl halides is 3. The summed E-state index contributed by atoms with van der Waals surface area (Å²) in [7, 11) is 0. The van der Waals surface area contributed by atoms with Gasteiger partial charge in [0.2, 0.25) is 0 Å². The minimum absolute atomic E-state index is 0.223. The number of amides is 1. The van der Waals surface area contributed by atoms with Crippen LogP contribution in [0.15, 0.2) is 36.4 Å². The third kappa shape index (κ3) is 4.66. The molecule has 1 atom stereocenters. The second kappa shape index (κ2) is 7.31. The Labute approximate surface area is 155 Å². The largest absolute Gasteiger partial charge is 0.416 e. The highest BCUT2D eigenvalue weighted by Gasteiger charge is 2.32. The van der Waals surface area contributed by atoms with E-state index < -0.39 is 11.7 Å². The number of hydrogen-bond acceptors (Lipinski definition) is 3. The molecule has 0 aliphatic carbocycles. The van der Waals surface area contributed by atoms with Gasteiger partial charge in [0.15, 0.2) is 0 Å². The Kier molecular flexibility index (Phi) is 5.24. The summed E-state index contributed by atoms with van der Waals surface area (Å²) in [5, 5.41) is 2.85. The minimum Gasteiger partial charge on any atom is -0.373 e. The Morgan fingerprint density at radius 1 is 1.26 bits per heavy atom. The molecule has 1 aromatic heterocycles. The van der Waals surface area contributed by atoms with Gasteiger partial charge in [0.05, 0.1) is 16.9 Å². The maximum absolute atomic E-state index is 13.0. The first-order valence-corrected chi connectivity index (χ1v) is 8.75. The summed E-state index contributed by atoms with van der Waals surface area (Å²) in [6.45, 7) is 4.60. The fourth-order valence-electron chi connectivity index (χ4n) is 3.12. The normalized spacial score (nSPS) is 19.9. The van der Waals surface area contributed by atoms with Gasteiger partial charge in [-0.25, -0.2) is 0 Å². The number of ether oxygens (including phenoxy) is 1. The topological polar surface area (TPSA) is 51.2 Å². The van der Waals surface area contributed by atoms with Crippen molar-refractivity contribution in [3.8, 4) is 11.3 Å². The van der Waals surface area contributed by atoms with Gasteiger partial charge >= 0.3 is 6.18 Å². The van der Waals surface area contributed by atoms with Crippen LogP contribution >= 0.6 is 0 Å². The second-order valence-corrected chi connectivity index (χ2v) is 7.04. The first kappa shape index (κ1) is 19.4. The number of nitrogens with one attached hydrogen (secondary N) is 1. The van der Waals surface area contributed by atoms with Crippen LogP contribution in [0.1, 0.15) is 41.4 Å². The van der Waals surface area contributed by atoms with E-state index in [1.54, 1.807) is 24.3 Å². The Hall–Kier alpha value is -2.41. The standard InChI is InChI=1S/C20H21F3N2O2/c1-13-10-16(20(21,22)23)11-17(25-13)14-4-6-15(7-5-14)18(26)24-12-19(2)8-3-9-27-19/h4-7,10-11H,3,8-9,12H2,1-2H3,(H,24,26)/t19-/m1/s1. The highest BCUT2D eigenvalue weighted by Crippen LogP contribution is 2.32. The van der Waals surface area contributed by atoms with Crippen molar-refractivity contribution in [2.24, 2.45) is 0 Å². The molecule has 1 aromatic carbocycles. The lowest BCUT2D eigenvalue weighted by Crippen LogP contribution is -2.40. The number of benzene rings is 1. The third-order valence-corrected chi connectivity index (χ3v) is 4.65. The lowest BCUT2D eigenvalue weighted by atomic mass is 10.0. The average Bonchev–Trinajstić information content (AvgIpc) is 3.05. The number of hydrogen-bond donors (Lipinski definition) is 1.